The number of fused-ring (bicyclic) bond motifs is 1. The molecule has 1 aliphatic carbocycles. The highest BCUT2D eigenvalue weighted by molar-refractivity contribution is 5.71. The molecule has 1 saturated carbocycles. The summed E-state index contributed by atoms with van der Waals surface area (Å²) >= 11 is 0. The maximum atomic E-state index is 12.1. The third-order valence-electron chi connectivity index (χ3n) is 3.77. The largest absolute Gasteiger partial charge is 0.481 e. The Hall–Kier alpha value is -1.26. The van der Waals surface area contributed by atoms with Crippen molar-refractivity contribution in [3.05, 3.63) is 0 Å². The van der Waals surface area contributed by atoms with Crippen LogP contribution in [0.2, 0.25) is 0 Å². The predicted octanol–water partition coefficient (Wildman–Crippen LogP) is 2.25. The van der Waals surface area contributed by atoms with Crippen LogP contribution in [-0.4, -0.2) is 39.8 Å². The summed E-state index contributed by atoms with van der Waals surface area (Å²) in [6, 6.07) is 0. The van der Waals surface area contributed by atoms with Gasteiger partial charge in [-0.15, -0.1) is 0 Å². The third-order valence-corrected chi connectivity index (χ3v) is 3.77. The fraction of sp³-hybridized carbons (Fsp3) is 0.846. The normalized spacial score (nSPS) is 29.9. The Balaban J connectivity index is 2.00. The van der Waals surface area contributed by atoms with Crippen LogP contribution in [0.25, 0.3) is 0 Å². The standard InChI is InChI=1S/C13H21NO4/c1-12(2,3)18-11(17)14-8-9-6-13(14,7-9)5-4-10(15)16/h9H,4-8H2,1-3H3,(H,15,16). The van der Waals surface area contributed by atoms with Crippen LogP contribution in [0.3, 0.4) is 0 Å². The number of hydrogen-bond donors (Lipinski definition) is 1. The quantitative estimate of drug-likeness (QED) is 0.840. The Bertz CT molecular complexity index is 366. The van der Waals surface area contributed by atoms with Crippen molar-refractivity contribution in [3.8, 4) is 0 Å². The van der Waals surface area contributed by atoms with Crippen LogP contribution in [0, 0.1) is 5.92 Å². The highest BCUT2D eigenvalue weighted by Crippen LogP contribution is 2.53. The molecule has 0 aromatic carbocycles. The van der Waals surface area contributed by atoms with E-state index < -0.39 is 11.6 Å². The summed E-state index contributed by atoms with van der Waals surface area (Å²) in [7, 11) is 0. The lowest BCUT2D eigenvalue weighted by molar-refractivity contribution is -0.138. The molecular formula is C13H21NO4. The van der Waals surface area contributed by atoms with Crippen molar-refractivity contribution in [3.63, 3.8) is 0 Å². The van der Waals surface area contributed by atoms with Gasteiger partial charge in [0.2, 0.25) is 0 Å². The SMILES string of the molecule is CC(C)(C)OC(=O)N1CC2CC1(CCC(=O)O)C2. The number of rotatable bonds is 3. The van der Waals surface area contributed by atoms with Gasteiger partial charge in [0.1, 0.15) is 5.60 Å². The number of amides is 1. The number of carboxylic acids is 1. The molecule has 0 aromatic heterocycles. The monoisotopic (exact) mass is 255 g/mol. The zero-order chi connectivity index (χ0) is 13.6. The molecule has 2 bridgehead atoms. The van der Waals surface area contributed by atoms with E-state index in [1.54, 1.807) is 4.90 Å². The van der Waals surface area contributed by atoms with Crippen molar-refractivity contribution in [2.24, 2.45) is 5.92 Å². The zero-order valence-electron chi connectivity index (χ0n) is 11.2. The van der Waals surface area contributed by atoms with Gasteiger partial charge in [-0.2, -0.15) is 0 Å². The van der Waals surface area contributed by atoms with E-state index in [4.69, 9.17) is 9.84 Å². The average Bonchev–Trinajstić information content (AvgIpc) is 2.65. The van der Waals surface area contributed by atoms with E-state index in [1.165, 1.54) is 0 Å². The lowest BCUT2D eigenvalue weighted by Crippen LogP contribution is -2.50. The molecule has 2 heterocycles. The first-order valence-electron chi connectivity index (χ1n) is 6.44. The molecule has 102 valence electrons. The molecule has 1 amide bonds. The Kier molecular flexibility index (Phi) is 3.03. The molecule has 0 spiro atoms. The van der Waals surface area contributed by atoms with Gasteiger partial charge in [-0.25, -0.2) is 4.79 Å². The highest BCUT2D eigenvalue weighted by Gasteiger charge is 2.58. The molecule has 3 aliphatic rings. The summed E-state index contributed by atoms with van der Waals surface area (Å²) in [6.07, 6.45) is 2.22. The first kappa shape index (κ1) is 13.2. The lowest BCUT2D eigenvalue weighted by Gasteiger charge is -2.42. The van der Waals surface area contributed by atoms with Crippen LogP contribution in [-0.2, 0) is 9.53 Å². The van der Waals surface area contributed by atoms with Crippen LogP contribution in [0.1, 0.15) is 46.5 Å². The van der Waals surface area contributed by atoms with E-state index in [1.807, 2.05) is 20.8 Å². The van der Waals surface area contributed by atoms with Gasteiger partial charge in [0.15, 0.2) is 0 Å². The molecule has 0 aromatic rings. The zero-order valence-corrected chi connectivity index (χ0v) is 11.2. The second-order valence-electron chi connectivity index (χ2n) is 6.48. The number of carboxylic acid groups (broad SMARTS) is 1. The Morgan fingerprint density at radius 1 is 1.39 bits per heavy atom. The molecule has 5 nitrogen and oxygen atoms in total. The van der Waals surface area contributed by atoms with Crippen molar-refractivity contribution in [1.82, 2.24) is 4.90 Å². The molecule has 3 fully saturated rings. The Morgan fingerprint density at radius 3 is 2.50 bits per heavy atom. The minimum atomic E-state index is -0.802. The maximum absolute atomic E-state index is 12.1. The smallest absolute Gasteiger partial charge is 0.410 e. The summed E-state index contributed by atoms with van der Waals surface area (Å²) in [5.41, 5.74) is -0.747. The van der Waals surface area contributed by atoms with Gasteiger partial charge in [0, 0.05) is 18.5 Å². The van der Waals surface area contributed by atoms with E-state index in [0.717, 1.165) is 12.8 Å². The van der Waals surface area contributed by atoms with Gasteiger partial charge in [-0.3, -0.25) is 4.79 Å². The third kappa shape index (κ3) is 2.44. The van der Waals surface area contributed by atoms with Gasteiger partial charge in [0.05, 0.1) is 0 Å². The fourth-order valence-corrected chi connectivity index (χ4v) is 3.08. The van der Waals surface area contributed by atoms with Crippen molar-refractivity contribution in [1.29, 1.82) is 0 Å². The Labute approximate surface area is 107 Å². The second kappa shape index (κ2) is 4.14. The van der Waals surface area contributed by atoms with Crippen molar-refractivity contribution in [2.45, 2.75) is 57.6 Å². The van der Waals surface area contributed by atoms with Gasteiger partial charge in [-0.1, -0.05) is 0 Å². The molecular weight excluding hydrogens is 234 g/mol. The number of aliphatic carboxylic acids is 1. The molecule has 0 radical (unpaired) electrons. The fourth-order valence-electron chi connectivity index (χ4n) is 3.08. The van der Waals surface area contributed by atoms with E-state index >= 15 is 0 Å². The Morgan fingerprint density at radius 2 is 2.00 bits per heavy atom. The van der Waals surface area contributed by atoms with Crippen LogP contribution < -0.4 is 0 Å². The molecule has 18 heavy (non-hydrogen) atoms. The summed E-state index contributed by atoms with van der Waals surface area (Å²) in [6.45, 7) is 6.24. The number of hydrogen-bond acceptors (Lipinski definition) is 3. The topological polar surface area (TPSA) is 66.8 Å². The molecule has 0 atom stereocenters. The number of ether oxygens (including phenoxy) is 1. The first-order valence-corrected chi connectivity index (χ1v) is 6.44. The molecule has 2 saturated heterocycles. The van der Waals surface area contributed by atoms with Crippen molar-refractivity contribution in [2.75, 3.05) is 6.54 Å². The predicted molar refractivity (Wildman–Crippen MR) is 65.3 cm³/mol. The van der Waals surface area contributed by atoms with Gasteiger partial charge >= 0.3 is 12.1 Å². The van der Waals surface area contributed by atoms with Gasteiger partial charge < -0.3 is 14.7 Å². The summed E-state index contributed by atoms with van der Waals surface area (Å²) < 4.78 is 5.39. The minimum absolute atomic E-state index is 0.117. The maximum Gasteiger partial charge on any atom is 0.410 e. The van der Waals surface area contributed by atoms with E-state index in [0.29, 0.717) is 18.9 Å². The summed E-state index contributed by atoms with van der Waals surface area (Å²) in [4.78, 5) is 24.5. The molecule has 5 heteroatoms. The van der Waals surface area contributed by atoms with Crippen LogP contribution >= 0.6 is 0 Å². The van der Waals surface area contributed by atoms with Crippen molar-refractivity contribution >= 4 is 12.1 Å². The highest BCUT2D eigenvalue weighted by atomic mass is 16.6. The van der Waals surface area contributed by atoms with E-state index in [2.05, 4.69) is 0 Å². The second-order valence-corrected chi connectivity index (χ2v) is 6.48. The number of carbonyl (C=O) groups excluding carboxylic acids is 1. The first-order chi connectivity index (χ1) is 8.22. The number of carbonyl (C=O) groups is 2. The van der Waals surface area contributed by atoms with Crippen LogP contribution in [0.15, 0.2) is 0 Å². The lowest BCUT2D eigenvalue weighted by atomic mass is 9.71. The van der Waals surface area contributed by atoms with Gasteiger partial charge in [-0.05, 0) is 46.0 Å². The molecule has 0 unspecified atom stereocenters. The summed E-state index contributed by atoms with van der Waals surface area (Å²) in [5, 5.41) is 8.78. The molecule has 1 N–H and O–H groups in total. The molecule has 2 aliphatic heterocycles. The van der Waals surface area contributed by atoms with Crippen LogP contribution in [0.5, 0.6) is 0 Å². The van der Waals surface area contributed by atoms with Gasteiger partial charge in [0.25, 0.3) is 0 Å². The minimum Gasteiger partial charge on any atom is -0.481 e. The van der Waals surface area contributed by atoms with Crippen molar-refractivity contribution < 1.29 is 19.4 Å². The average molecular weight is 255 g/mol. The van der Waals surface area contributed by atoms with E-state index in [9.17, 15) is 9.59 Å². The van der Waals surface area contributed by atoms with Crippen LogP contribution in [0.4, 0.5) is 4.79 Å². The summed E-state index contributed by atoms with van der Waals surface area (Å²) in [5.74, 6) is -0.268. The molecule has 3 rings (SSSR count). The van der Waals surface area contributed by atoms with E-state index in [-0.39, 0.29) is 18.1 Å². The number of nitrogens with zero attached hydrogens (tertiary/aromatic N) is 1.